The summed E-state index contributed by atoms with van der Waals surface area (Å²) in [6.07, 6.45) is 4.37. The highest BCUT2D eigenvalue weighted by Crippen LogP contribution is 2.10. The normalized spacial score (nSPS) is 9.75. The average molecular weight is 216 g/mol. The molecule has 0 aromatic carbocycles. The molecule has 7 nitrogen and oxygen atoms in total. The summed E-state index contributed by atoms with van der Waals surface area (Å²) in [7, 11) is 1.72. The number of amides is 1. The van der Waals surface area contributed by atoms with Crippen LogP contribution in [0, 0.1) is 11.3 Å². The lowest BCUT2D eigenvalue weighted by molar-refractivity contribution is 0.102. The van der Waals surface area contributed by atoms with Crippen molar-refractivity contribution in [3.05, 3.63) is 29.7 Å². The molecule has 0 saturated carbocycles. The Labute approximate surface area is 90.7 Å². The van der Waals surface area contributed by atoms with E-state index in [1.54, 1.807) is 13.2 Å². The fraction of sp³-hybridized carbons (Fsp3) is 0.111. The van der Waals surface area contributed by atoms with Crippen molar-refractivity contribution in [3.63, 3.8) is 0 Å². The van der Waals surface area contributed by atoms with Gasteiger partial charge in [-0.25, -0.2) is 0 Å². The highest BCUT2D eigenvalue weighted by molar-refractivity contribution is 6.03. The van der Waals surface area contributed by atoms with E-state index in [9.17, 15) is 4.79 Å². The summed E-state index contributed by atoms with van der Waals surface area (Å²) in [6, 6.07) is 1.91. The Hall–Kier alpha value is -2.62. The lowest BCUT2D eigenvalue weighted by Crippen LogP contribution is -2.12. The van der Waals surface area contributed by atoms with Crippen LogP contribution >= 0.6 is 0 Å². The number of aromatic amines is 1. The van der Waals surface area contributed by atoms with Gasteiger partial charge in [0, 0.05) is 13.2 Å². The molecule has 2 aromatic rings. The van der Waals surface area contributed by atoms with Gasteiger partial charge in [0.05, 0.1) is 18.0 Å². The predicted octanol–water partition coefficient (Wildman–Crippen LogP) is 0.267. The van der Waals surface area contributed by atoms with Crippen LogP contribution in [0.3, 0.4) is 0 Å². The summed E-state index contributed by atoms with van der Waals surface area (Å²) in [5.74, 6) is -0.0507. The summed E-state index contributed by atoms with van der Waals surface area (Å²) >= 11 is 0. The summed E-state index contributed by atoms with van der Waals surface area (Å²) in [5.41, 5.74) is 0.707. The first-order valence-corrected chi connectivity index (χ1v) is 4.44. The van der Waals surface area contributed by atoms with Gasteiger partial charge in [0.25, 0.3) is 5.91 Å². The lowest BCUT2D eigenvalue weighted by atomic mass is 10.3. The van der Waals surface area contributed by atoms with Crippen molar-refractivity contribution in [3.8, 4) is 6.07 Å². The number of nitriles is 1. The van der Waals surface area contributed by atoms with Crippen LogP contribution in [0.1, 0.15) is 15.9 Å². The molecule has 0 spiro atoms. The van der Waals surface area contributed by atoms with Crippen LogP contribution in [-0.2, 0) is 7.05 Å². The Morgan fingerprint density at radius 2 is 2.44 bits per heavy atom. The Kier molecular flexibility index (Phi) is 2.39. The molecule has 2 heterocycles. The van der Waals surface area contributed by atoms with E-state index in [1.807, 2.05) is 6.07 Å². The highest BCUT2D eigenvalue weighted by atomic mass is 16.1. The van der Waals surface area contributed by atoms with Crippen LogP contribution in [0.25, 0.3) is 0 Å². The maximum atomic E-state index is 11.7. The maximum absolute atomic E-state index is 11.7. The maximum Gasteiger partial charge on any atom is 0.260 e. The van der Waals surface area contributed by atoms with Crippen molar-refractivity contribution < 1.29 is 4.79 Å². The van der Waals surface area contributed by atoms with Crippen LogP contribution < -0.4 is 5.32 Å². The quantitative estimate of drug-likeness (QED) is 0.752. The molecule has 0 aliphatic carbocycles. The number of hydrogen-bond acceptors (Lipinski definition) is 4. The van der Waals surface area contributed by atoms with Crippen molar-refractivity contribution in [2.45, 2.75) is 0 Å². The Balaban J connectivity index is 2.17. The van der Waals surface area contributed by atoms with Crippen molar-refractivity contribution in [2.75, 3.05) is 5.32 Å². The van der Waals surface area contributed by atoms with Gasteiger partial charge in [0.1, 0.15) is 17.5 Å². The van der Waals surface area contributed by atoms with Gasteiger partial charge in [-0.1, -0.05) is 0 Å². The molecule has 0 bridgehead atoms. The zero-order valence-electron chi connectivity index (χ0n) is 8.43. The number of aryl methyl sites for hydroxylation is 1. The molecule has 0 fully saturated rings. The van der Waals surface area contributed by atoms with E-state index in [4.69, 9.17) is 5.26 Å². The first-order valence-electron chi connectivity index (χ1n) is 4.44. The third-order valence-electron chi connectivity index (χ3n) is 1.97. The molecule has 0 saturated heterocycles. The number of nitrogens with one attached hydrogen (secondary N) is 2. The minimum Gasteiger partial charge on any atom is -0.306 e. The van der Waals surface area contributed by atoms with E-state index in [-0.39, 0.29) is 17.3 Å². The molecular formula is C9H8N6O. The largest absolute Gasteiger partial charge is 0.306 e. The fourth-order valence-electron chi connectivity index (χ4n) is 1.19. The summed E-state index contributed by atoms with van der Waals surface area (Å²) in [5, 5.41) is 21.3. The number of hydrogen-bond donors (Lipinski definition) is 2. The molecule has 0 radical (unpaired) electrons. The second-order valence-electron chi connectivity index (χ2n) is 3.13. The van der Waals surface area contributed by atoms with Gasteiger partial charge in [-0.05, 0) is 0 Å². The van der Waals surface area contributed by atoms with Gasteiger partial charge in [0.15, 0.2) is 0 Å². The molecule has 0 atom stereocenters. The van der Waals surface area contributed by atoms with Crippen molar-refractivity contribution >= 4 is 11.7 Å². The monoisotopic (exact) mass is 216 g/mol. The van der Waals surface area contributed by atoms with E-state index >= 15 is 0 Å². The van der Waals surface area contributed by atoms with Gasteiger partial charge >= 0.3 is 0 Å². The van der Waals surface area contributed by atoms with Gasteiger partial charge in [0.2, 0.25) is 0 Å². The summed E-state index contributed by atoms with van der Waals surface area (Å²) in [4.78, 5) is 11.7. The third kappa shape index (κ3) is 1.76. The SMILES string of the molecule is Cn1cc(C(=O)Nc2[nH]ncc2C#N)cn1. The van der Waals surface area contributed by atoms with E-state index in [0.29, 0.717) is 5.56 Å². The Bertz CT molecular complexity index is 561. The number of rotatable bonds is 2. The molecule has 0 unspecified atom stereocenters. The average Bonchev–Trinajstić information content (AvgIpc) is 2.86. The number of carbonyl (C=O) groups is 1. The second kappa shape index (κ2) is 3.86. The van der Waals surface area contributed by atoms with E-state index in [1.165, 1.54) is 17.1 Å². The van der Waals surface area contributed by atoms with Crippen LogP contribution in [0.15, 0.2) is 18.6 Å². The third-order valence-corrected chi connectivity index (χ3v) is 1.97. The minimum atomic E-state index is -0.339. The fourth-order valence-corrected chi connectivity index (χ4v) is 1.19. The van der Waals surface area contributed by atoms with Gasteiger partial charge in [-0.15, -0.1) is 0 Å². The number of carbonyl (C=O) groups excluding carboxylic acids is 1. The molecule has 1 amide bonds. The highest BCUT2D eigenvalue weighted by Gasteiger charge is 2.11. The van der Waals surface area contributed by atoms with Crippen LogP contribution in [0.5, 0.6) is 0 Å². The Morgan fingerprint density at radius 3 is 3.06 bits per heavy atom. The topological polar surface area (TPSA) is 99.4 Å². The van der Waals surface area contributed by atoms with E-state index in [2.05, 4.69) is 20.6 Å². The first kappa shape index (κ1) is 9.92. The molecule has 16 heavy (non-hydrogen) atoms. The first-order chi connectivity index (χ1) is 7.70. The molecule has 2 aromatic heterocycles. The molecule has 80 valence electrons. The van der Waals surface area contributed by atoms with Crippen LogP contribution in [-0.4, -0.2) is 25.9 Å². The molecule has 7 heteroatoms. The summed E-state index contributed by atoms with van der Waals surface area (Å²) in [6.45, 7) is 0. The smallest absolute Gasteiger partial charge is 0.260 e. The summed E-state index contributed by atoms with van der Waals surface area (Å²) < 4.78 is 1.52. The van der Waals surface area contributed by atoms with Crippen LogP contribution in [0.2, 0.25) is 0 Å². The minimum absolute atomic E-state index is 0.288. The van der Waals surface area contributed by atoms with Gasteiger partial charge in [-0.2, -0.15) is 15.5 Å². The molecule has 0 aliphatic heterocycles. The van der Waals surface area contributed by atoms with Crippen molar-refractivity contribution in [2.24, 2.45) is 7.05 Å². The number of anilines is 1. The molecule has 2 rings (SSSR count). The lowest BCUT2D eigenvalue weighted by Gasteiger charge is -1.99. The molecule has 2 N–H and O–H groups in total. The van der Waals surface area contributed by atoms with Crippen LogP contribution in [0.4, 0.5) is 5.82 Å². The number of H-pyrrole nitrogens is 1. The second-order valence-corrected chi connectivity index (χ2v) is 3.13. The molecule has 0 aliphatic rings. The van der Waals surface area contributed by atoms with Gasteiger partial charge < -0.3 is 5.32 Å². The Morgan fingerprint density at radius 1 is 1.62 bits per heavy atom. The number of nitrogens with zero attached hydrogens (tertiary/aromatic N) is 4. The van der Waals surface area contributed by atoms with Crippen molar-refractivity contribution in [1.29, 1.82) is 5.26 Å². The zero-order valence-corrected chi connectivity index (χ0v) is 8.43. The van der Waals surface area contributed by atoms with E-state index in [0.717, 1.165) is 0 Å². The van der Waals surface area contributed by atoms with Crippen molar-refractivity contribution in [1.82, 2.24) is 20.0 Å². The van der Waals surface area contributed by atoms with E-state index < -0.39 is 0 Å². The van der Waals surface area contributed by atoms with Gasteiger partial charge in [-0.3, -0.25) is 14.6 Å². The number of aromatic nitrogens is 4. The predicted molar refractivity (Wildman–Crippen MR) is 54.5 cm³/mol. The zero-order chi connectivity index (χ0) is 11.5. The molecular weight excluding hydrogens is 208 g/mol. The standard InChI is InChI=1S/C9H8N6O/c1-15-5-7(4-12-15)9(16)13-8-6(2-10)3-11-14-8/h3-5H,1H3,(H2,11,13,14,16).